The van der Waals surface area contributed by atoms with Gasteiger partial charge in [-0.05, 0) is 6.07 Å². The zero-order valence-corrected chi connectivity index (χ0v) is 18.7. The number of anilines is 8. The molecule has 172 valence electrons. The van der Waals surface area contributed by atoms with Crippen LogP contribution < -0.4 is 31.5 Å². The summed E-state index contributed by atoms with van der Waals surface area (Å²) in [4.78, 5) is 33.9. The summed E-state index contributed by atoms with van der Waals surface area (Å²) in [6, 6.07) is 3.75. The fraction of sp³-hybridized carbons (Fsp3) is 0.263. The summed E-state index contributed by atoms with van der Waals surface area (Å²) in [7, 11) is 7.39. The molecule has 6 N–H and O–H groups in total. The number of nitrogens with two attached hydrogens (primary N) is 2. The van der Waals surface area contributed by atoms with E-state index in [-0.39, 0.29) is 11.9 Å². The average molecular weight is 451 g/mol. The molecule has 0 bridgehead atoms. The highest BCUT2D eigenvalue weighted by molar-refractivity contribution is 5.58. The Bertz CT molecular complexity index is 1200. The quantitative estimate of drug-likeness (QED) is 0.302. The first kappa shape index (κ1) is 21.6. The second kappa shape index (κ2) is 8.86. The van der Waals surface area contributed by atoms with Crippen molar-refractivity contribution in [3.63, 3.8) is 0 Å². The molecule has 0 atom stereocenters. The van der Waals surface area contributed by atoms with Crippen LogP contribution in [-0.2, 0) is 6.54 Å². The number of aromatic amines is 1. The lowest BCUT2D eigenvalue weighted by Crippen LogP contribution is -2.22. The summed E-state index contributed by atoms with van der Waals surface area (Å²) < 4.78 is 5.73. The number of rotatable bonds is 8. The van der Waals surface area contributed by atoms with E-state index >= 15 is 0 Å². The van der Waals surface area contributed by atoms with E-state index in [0.717, 1.165) is 11.4 Å². The van der Waals surface area contributed by atoms with Crippen molar-refractivity contribution < 1.29 is 4.42 Å². The maximum atomic E-state index is 5.73. The molecule has 0 spiro atoms. The predicted octanol–water partition coefficient (Wildman–Crippen LogP) is 1.36. The van der Waals surface area contributed by atoms with Crippen molar-refractivity contribution in [3.8, 4) is 0 Å². The maximum absolute atomic E-state index is 5.73. The van der Waals surface area contributed by atoms with Gasteiger partial charge in [0, 0.05) is 46.7 Å². The minimum atomic E-state index is 0.0448. The van der Waals surface area contributed by atoms with Crippen LogP contribution in [0.1, 0.15) is 5.76 Å². The van der Waals surface area contributed by atoms with Gasteiger partial charge in [0.05, 0.1) is 17.9 Å². The summed E-state index contributed by atoms with van der Waals surface area (Å²) >= 11 is 0. The summed E-state index contributed by atoms with van der Waals surface area (Å²) in [5, 5.41) is 3.17. The van der Waals surface area contributed by atoms with Crippen molar-refractivity contribution in [2.24, 2.45) is 0 Å². The smallest absolute Gasteiger partial charge is 0.236 e. The van der Waals surface area contributed by atoms with Crippen molar-refractivity contribution in [1.29, 1.82) is 0 Å². The lowest BCUT2D eigenvalue weighted by atomic mass is 10.4. The SMILES string of the molecule is CN(C)c1nc(Nc2cc[nH]c2)nc(N(C)Cc2cc(N(C)c3nc(N)nc(N)n3)co2)n1. The molecule has 0 saturated carbocycles. The largest absolute Gasteiger partial charge is 0.465 e. The number of furan rings is 1. The average Bonchev–Trinajstić information content (AvgIpc) is 3.44. The molecular weight excluding hydrogens is 426 g/mol. The van der Waals surface area contributed by atoms with Crippen LogP contribution in [0.25, 0.3) is 0 Å². The Morgan fingerprint density at radius 2 is 1.67 bits per heavy atom. The fourth-order valence-electron chi connectivity index (χ4n) is 2.91. The molecule has 14 nitrogen and oxygen atoms in total. The summed E-state index contributed by atoms with van der Waals surface area (Å²) in [5.74, 6) is 2.52. The van der Waals surface area contributed by atoms with Crippen molar-refractivity contribution in [2.75, 3.05) is 59.7 Å². The zero-order valence-electron chi connectivity index (χ0n) is 18.7. The summed E-state index contributed by atoms with van der Waals surface area (Å²) in [5.41, 5.74) is 12.9. The molecule has 4 rings (SSSR count). The van der Waals surface area contributed by atoms with Crippen LogP contribution in [-0.4, -0.2) is 63.1 Å². The van der Waals surface area contributed by atoms with Crippen LogP contribution >= 0.6 is 0 Å². The van der Waals surface area contributed by atoms with E-state index in [1.165, 1.54) is 0 Å². The van der Waals surface area contributed by atoms with E-state index in [1.54, 1.807) is 18.2 Å². The first-order chi connectivity index (χ1) is 15.8. The van der Waals surface area contributed by atoms with E-state index in [0.29, 0.717) is 36.1 Å². The van der Waals surface area contributed by atoms with Crippen LogP contribution in [0, 0.1) is 0 Å². The van der Waals surface area contributed by atoms with Crippen molar-refractivity contribution in [2.45, 2.75) is 6.54 Å². The van der Waals surface area contributed by atoms with E-state index in [9.17, 15) is 0 Å². The number of nitrogens with one attached hydrogen (secondary N) is 2. The molecule has 0 aliphatic heterocycles. The predicted molar refractivity (Wildman–Crippen MR) is 126 cm³/mol. The van der Waals surface area contributed by atoms with Crippen molar-refractivity contribution in [1.82, 2.24) is 34.9 Å². The molecule has 0 aromatic carbocycles. The molecule has 0 amide bonds. The number of H-pyrrole nitrogens is 1. The van der Waals surface area contributed by atoms with Crippen LogP contribution in [0.5, 0.6) is 0 Å². The number of nitrogens with zero attached hydrogens (tertiary/aromatic N) is 9. The second-order valence-electron chi connectivity index (χ2n) is 7.42. The Labute approximate surface area is 189 Å². The number of hydrogen-bond donors (Lipinski definition) is 4. The molecule has 0 aliphatic rings. The zero-order chi connectivity index (χ0) is 23.5. The van der Waals surface area contributed by atoms with Gasteiger partial charge in [0.25, 0.3) is 0 Å². The van der Waals surface area contributed by atoms with E-state index in [1.807, 2.05) is 55.5 Å². The Morgan fingerprint density at radius 3 is 2.33 bits per heavy atom. The van der Waals surface area contributed by atoms with Crippen LogP contribution in [0.2, 0.25) is 0 Å². The monoisotopic (exact) mass is 451 g/mol. The van der Waals surface area contributed by atoms with Gasteiger partial charge in [0.2, 0.25) is 35.7 Å². The van der Waals surface area contributed by atoms with Crippen LogP contribution in [0.4, 0.5) is 47.1 Å². The minimum absolute atomic E-state index is 0.0448. The highest BCUT2D eigenvalue weighted by atomic mass is 16.3. The highest BCUT2D eigenvalue weighted by Gasteiger charge is 2.16. The topological polar surface area (TPSA) is 180 Å². The van der Waals surface area contributed by atoms with Crippen LogP contribution in [0.3, 0.4) is 0 Å². The van der Waals surface area contributed by atoms with Crippen molar-refractivity contribution in [3.05, 3.63) is 36.5 Å². The molecule has 0 radical (unpaired) electrons. The molecule has 0 saturated heterocycles. The van der Waals surface area contributed by atoms with Gasteiger partial charge in [-0.15, -0.1) is 0 Å². The normalized spacial score (nSPS) is 10.8. The minimum Gasteiger partial charge on any atom is -0.465 e. The van der Waals surface area contributed by atoms with Gasteiger partial charge >= 0.3 is 0 Å². The van der Waals surface area contributed by atoms with Gasteiger partial charge in [0.1, 0.15) is 12.0 Å². The summed E-state index contributed by atoms with van der Waals surface area (Å²) in [6.45, 7) is 0.412. The number of hydrogen-bond acceptors (Lipinski definition) is 13. The summed E-state index contributed by atoms with van der Waals surface area (Å²) in [6.07, 6.45) is 5.22. The molecular formula is C19H25N13O. The lowest BCUT2D eigenvalue weighted by Gasteiger charge is -2.19. The van der Waals surface area contributed by atoms with E-state index in [4.69, 9.17) is 15.9 Å². The maximum Gasteiger partial charge on any atom is 0.236 e. The van der Waals surface area contributed by atoms with Gasteiger partial charge < -0.3 is 40.9 Å². The molecule has 0 fully saturated rings. The number of nitrogen functional groups attached to an aromatic ring is 2. The molecule has 4 aromatic rings. The van der Waals surface area contributed by atoms with Crippen LogP contribution in [0.15, 0.2) is 35.2 Å². The third-order valence-corrected chi connectivity index (χ3v) is 4.59. The van der Waals surface area contributed by atoms with Gasteiger partial charge in [-0.2, -0.15) is 29.9 Å². The van der Waals surface area contributed by atoms with E-state index < -0.39 is 0 Å². The third-order valence-electron chi connectivity index (χ3n) is 4.59. The third kappa shape index (κ3) is 5.00. The second-order valence-corrected chi connectivity index (χ2v) is 7.42. The van der Waals surface area contributed by atoms with Crippen molar-refractivity contribution >= 4 is 47.1 Å². The molecule has 14 heteroatoms. The van der Waals surface area contributed by atoms with Gasteiger partial charge in [-0.3, -0.25) is 0 Å². The van der Waals surface area contributed by atoms with Gasteiger partial charge in [-0.1, -0.05) is 0 Å². The van der Waals surface area contributed by atoms with E-state index in [2.05, 4.69) is 40.2 Å². The number of aromatic nitrogens is 7. The first-order valence-corrected chi connectivity index (χ1v) is 9.91. The highest BCUT2D eigenvalue weighted by Crippen LogP contribution is 2.25. The molecule has 0 aliphatic carbocycles. The molecule has 4 heterocycles. The Morgan fingerprint density at radius 1 is 0.939 bits per heavy atom. The standard InChI is InChI=1S/C19H25N13O/c1-30(2)17-27-16(23-11-5-6-22-8-11)28-18(29-17)31(3)9-13-7-12(10-33-13)32(4)19-25-14(20)24-15(21)26-19/h5-8,10,22H,9H2,1-4H3,(H,23,27,28,29)(H4,20,21,24,25,26). The molecule has 33 heavy (non-hydrogen) atoms. The molecule has 0 unspecified atom stereocenters. The van der Waals surface area contributed by atoms with Gasteiger partial charge in [-0.25, -0.2) is 0 Å². The Hall–Kier alpha value is -4.62. The fourth-order valence-corrected chi connectivity index (χ4v) is 2.91. The van der Waals surface area contributed by atoms with Gasteiger partial charge in [0.15, 0.2) is 0 Å². The molecule has 4 aromatic heterocycles. The Kier molecular flexibility index (Phi) is 5.80. The first-order valence-electron chi connectivity index (χ1n) is 9.91. The Balaban J connectivity index is 1.53. The lowest BCUT2D eigenvalue weighted by molar-refractivity contribution is 0.506.